The highest BCUT2D eigenvalue weighted by atomic mass is 16.6. The van der Waals surface area contributed by atoms with E-state index in [1.807, 2.05) is 13.8 Å². The monoisotopic (exact) mass is 488 g/mol. The molecule has 2 amide bonds. The molecule has 1 aliphatic heterocycles. The SMILES string of the molecule is CC(C)OC(=O)N1CCN(CC#CCOc2cc(C(N)=O)cc([N+](=O)[O-])c2NC/C=C/CN)CC1. The highest BCUT2D eigenvalue weighted by Gasteiger charge is 2.23. The molecular formula is C23H32N6O6. The van der Waals surface area contributed by atoms with Crippen LogP contribution in [0.2, 0.25) is 0 Å². The van der Waals surface area contributed by atoms with E-state index in [0.717, 1.165) is 6.07 Å². The minimum atomic E-state index is -0.810. The lowest BCUT2D eigenvalue weighted by molar-refractivity contribution is -0.384. The molecule has 1 saturated heterocycles. The number of hydrogen-bond donors (Lipinski definition) is 3. The molecule has 0 saturated carbocycles. The fourth-order valence-corrected chi connectivity index (χ4v) is 3.22. The van der Waals surface area contributed by atoms with Crippen molar-refractivity contribution in [2.45, 2.75) is 20.0 Å². The number of carbonyl (C=O) groups excluding carboxylic acids is 2. The first-order valence-corrected chi connectivity index (χ1v) is 11.2. The van der Waals surface area contributed by atoms with Crippen LogP contribution in [0.3, 0.4) is 0 Å². The van der Waals surface area contributed by atoms with Crippen LogP contribution in [-0.4, -0.2) is 85.2 Å². The number of amides is 2. The first-order valence-electron chi connectivity index (χ1n) is 11.2. The van der Waals surface area contributed by atoms with Gasteiger partial charge in [-0.1, -0.05) is 24.0 Å². The maximum Gasteiger partial charge on any atom is 0.410 e. The maximum absolute atomic E-state index is 12.0. The fraction of sp³-hybridized carbons (Fsp3) is 0.478. The predicted octanol–water partition coefficient (Wildman–Crippen LogP) is 1.17. The van der Waals surface area contributed by atoms with E-state index in [1.165, 1.54) is 6.07 Å². The Bertz CT molecular complexity index is 992. The largest absolute Gasteiger partial charge is 0.478 e. The molecule has 0 radical (unpaired) electrons. The zero-order chi connectivity index (χ0) is 25.8. The van der Waals surface area contributed by atoms with E-state index in [9.17, 15) is 19.7 Å². The summed E-state index contributed by atoms with van der Waals surface area (Å²) >= 11 is 0. The Kier molecular flexibility index (Phi) is 10.8. The van der Waals surface area contributed by atoms with Crippen LogP contribution in [0.25, 0.3) is 0 Å². The highest BCUT2D eigenvalue weighted by molar-refractivity contribution is 5.95. The molecule has 0 aromatic heterocycles. The van der Waals surface area contributed by atoms with E-state index >= 15 is 0 Å². The molecule has 2 rings (SSSR count). The zero-order valence-corrected chi connectivity index (χ0v) is 20.0. The zero-order valence-electron chi connectivity index (χ0n) is 20.0. The summed E-state index contributed by atoms with van der Waals surface area (Å²) in [7, 11) is 0. The van der Waals surface area contributed by atoms with Crippen molar-refractivity contribution in [2.24, 2.45) is 11.5 Å². The first kappa shape index (κ1) is 27.4. The van der Waals surface area contributed by atoms with Gasteiger partial charge < -0.3 is 31.2 Å². The molecule has 1 aliphatic rings. The van der Waals surface area contributed by atoms with Crippen molar-refractivity contribution in [3.05, 3.63) is 40.0 Å². The summed E-state index contributed by atoms with van der Waals surface area (Å²) in [5.74, 6) is 5.17. The first-order chi connectivity index (χ1) is 16.7. The lowest BCUT2D eigenvalue weighted by Gasteiger charge is -2.33. The highest BCUT2D eigenvalue weighted by Crippen LogP contribution is 2.36. The number of piperazine rings is 1. The second-order valence-corrected chi connectivity index (χ2v) is 7.92. The molecular weight excluding hydrogens is 456 g/mol. The number of nitrogens with zero attached hydrogens (tertiary/aromatic N) is 3. The predicted molar refractivity (Wildman–Crippen MR) is 131 cm³/mol. The van der Waals surface area contributed by atoms with Gasteiger partial charge in [0, 0.05) is 50.9 Å². The van der Waals surface area contributed by atoms with E-state index in [0.29, 0.717) is 39.3 Å². The number of anilines is 1. The number of primary amides is 1. The molecule has 1 aromatic rings. The van der Waals surface area contributed by atoms with Crippen molar-refractivity contribution in [1.82, 2.24) is 9.80 Å². The molecule has 190 valence electrons. The topological polar surface area (TPSA) is 166 Å². The third kappa shape index (κ3) is 8.80. The molecule has 0 unspecified atom stereocenters. The number of nitro groups is 1. The normalized spacial score (nSPS) is 13.9. The van der Waals surface area contributed by atoms with Gasteiger partial charge in [0.2, 0.25) is 5.91 Å². The fourth-order valence-electron chi connectivity index (χ4n) is 3.22. The number of carbonyl (C=O) groups is 2. The lowest BCUT2D eigenvalue weighted by Crippen LogP contribution is -2.49. The van der Waals surface area contributed by atoms with Gasteiger partial charge in [0.25, 0.3) is 5.69 Å². The lowest BCUT2D eigenvalue weighted by atomic mass is 10.1. The Labute approximate surface area is 204 Å². The van der Waals surface area contributed by atoms with Gasteiger partial charge in [0.15, 0.2) is 11.4 Å². The van der Waals surface area contributed by atoms with Crippen molar-refractivity contribution in [2.75, 3.05) is 57.7 Å². The van der Waals surface area contributed by atoms with Crippen molar-refractivity contribution in [3.63, 3.8) is 0 Å². The van der Waals surface area contributed by atoms with Gasteiger partial charge in [-0.15, -0.1) is 0 Å². The van der Waals surface area contributed by atoms with Crippen LogP contribution >= 0.6 is 0 Å². The number of nitrogens with one attached hydrogen (secondary N) is 1. The van der Waals surface area contributed by atoms with Crippen molar-refractivity contribution >= 4 is 23.4 Å². The molecule has 5 N–H and O–H groups in total. The number of nitro benzene ring substituents is 1. The molecule has 1 heterocycles. The Morgan fingerprint density at radius 1 is 1.23 bits per heavy atom. The molecule has 0 aliphatic carbocycles. The maximum atomic E-state index is 12.0. The third-order valence-corrected chi connectivity index (χ3v) is 4.96. The van der Waals surface area contributed by atoms with Crippen LogP contribution in [0.15, 0.2) is 24.3 Å². The smallest absolute Gasteiger partial charge is 0.410 e. The summed E-state index contributed by atoms with van der Waals surface area (Å²) in [4.78, 5) is 38.3. The van der Waals surface area contributed by atoms with Crippen LogP contribution < -0.4 is 21.5 Å². The summed E-state index contributed by atoms with van der Waals surface area (Å²) in [6.07, 6.45) is 2.96. The Balaban J connectivity index is 1.99. The second kappa shape index (κ2) is 13.8. The molecule has 0 atom stereocenters. The number of nitrogens with two attached hydrogens (primary N) is 2. The van der Waals surface area contributed by atoms with Gasteiger partial charge in [-0.2, -0.15) is 0 Å². The molecule has 35 heavy (non-hydrogen) atoms. The average Bonchev–Trinajstić information content (AvgIpc) is 2.81. The molecule has 1 fully saturated rings. The summed E-state index contributed by atoms with van der Waals surface area (Å²) < 4.78 is 10.9. The van der Waals surface area contributed by atoms with Gasteiger partial charge in [0.05, 0.1) is 17.6 Å². The third-order valence-electron chi connectivity index (χ3n) is 4.96. The molecule has 0 spiro atoms. The quantitative estimate of drug-likeness (QED) is 0.189. The van der Waals surface area contributed by atoms with Crippen LogP contribution in [0.5, 0.6) is 5.75 Å². The molecule has 12 nitrogen and oxygen atoms in total. The standard InChI is InChI=1S/C23H32N6O6/c1-17(2)35-23(31)28-12-10-27(11-13-28)9-5-6-14-34-20-16-18(22(25)30)15-19(29(32)33)21(20)26-8-4-3-7-24/h3-4,15-17,26H,7-14,24H2,1-2H3,(H2,25,30)/b4-3+. The number of ether oxygens (including phenoxy) is 2. The van der Waals surface area contributed by atoms with Crippen LogP contribution in [0.4, 0.5) is 16.2 Å². The van der Waals surface area contributed by atoms with Gasteiger partial charge in [-0.05, 0) is 19.9 Å². The Morgan fingerprint density at radius 3 is 2.54 bits per heavy atom. The summed E-state index contributed by atoms with van der Waals surface area (Å²) in [5.41, 5.74) is 10.5. The van der Waals surface area contributed by atoms with E-state index in [1.54, 1.807) is 17.1 Å². The van der Waals surface area contributed by atoms with Crippen molar-refractivity contribution in [1.29, 1.82) is 0 Å². The minimum absolute atomic E-state index is 0.0448. The molecule has 0 bridgehead atoms. The average molecular weight is 489 g/mol. The van der Waals surface area contributed by atoms with Gasteiger partial charge in [-0.3, -0.25) is 19.8 Å². The van der Waals surface area contributed by atoms with E-state index in [-0.39, 0.29) is 48.0 Å². The van der Waals surface area contributed by atoms with Crippen LogP contribution in [0.1, 0.15) is 24.2 Å². The van der Waals surface area contributed by atoms with Gasteiger partial charge >= 0.3 is 6.09 Å². The van der Waals surface area contributed by atoms with Crippen LogP contribution in [0, 0.1) is 22.0 Å². The molecule has 12 heteroatoms. The van der Waals surface area contributed by atoms with Gasteiger partial charge in [0.1, 0.15) is 6.61 Å². The second-order valence-electron chi connectivity index (χ2n) is 7.92. The number of rotatable bonds is 10. The Hall–Kier alpha value is -3.82. The minimum Gasteiger partial charge on any atom is -0.478 e. The number of benzene rings is 1. The Morgan fingerprint density at radius 2 is 1.94 bits per heavy atom. The summed E-state index contributed by atoms with van der Waals surface area (Å²) in [6, 6.07) is 2.45. The van der Waals surface area contributed by atoms with E-state index in [4.69, 9.17) is 20.9 Å². The van der Waals surface area contributed by atoms with E-state index in [2.05, 4.69) is 22.1 Å². The summed E-state index contributed by atoms with van der Waals surface area (Å²) in [6.45, 7) is 7.10. The summed E-state index contributed by atoms with van der Waals surface area (Å²) in [5, 5.41) is 14.5. The molecule has 1 aromatic carbocycles. The van der Waals surface area contributed by atoms with Crippen molar-refractivity contribution in [3.8, 4) is 17.6 Å². The van der Waals surface area contributed by atoms with Gasteiger partial charge in [-0.25, -0.2) is 4.79 Å². The van der Waals surface area contributed by atoms with Crippen molar-refractivity contribution < 1.29 is 24.0 Å². The van der Waals surface area contributed by atoms with Crippen LogP contribution in [-0.2, 0) is 4.74 Å². The van der Waals surface area contributed by atoms with E-state index < -0.39 is 10.8 Å². The number of hydrogen-bond acceptors (Lipinski definition) is 9.